The standard InChI is InChI=1S/C62H101BrN2O6S2/c1-57(2,3)72(15,16)70-64-59(7,8)44-54(45-60(64,9)10)68-41-25-21-19-23-39-66-52-35-29-49(30-36-52)56(43-48-27-33-51(63)34-28-48)50-31-37-53(38-32-50)67-40-24-20-22-26-42-69-55-46-61(11,12)65(62(13,14)47-55)71-73(17,18)58(4,5)6/h27-38,43,54-55H,19-26,39-42,44-47H2,1-18H3. The van der Waals surface area contributed by atoms with Crippen LogP contribution in [-0.4, -0.2) is 105 Å². The Morgan fingerprint density at radius 3 is 1.12 bits per heavy atom. The minimum Gasteiger partial charge on any atom is -0.494 e. The molecule has 414 valence electrons. The minimum absolute atomic E-state index is 0.104. The monoisotopic (exact) mass is 1110 g/mol. The zero-order valence-electron chi connectivity index (χ0n) is 49.0. The summed E-state index contributed by atoms with van der Waals surface area (Å²) < 4.78 is 40.6. The molecule has 5 rings (SSSR count). The Morgan fingerprint density at radius 1 is 0.493 bits per heavy atom. The first-order valence-corrected chi connectivity index (χ1v) is 33.0. The lowest BCUT2D eigenvalue weighted by Gasteiger charge is -2.58. The van der Waals surface area contributed by atoms with E-state index in [1.54, 1.807) is 0 Å². The molecular weight excluding hydrogens is 1010 g/mol. The van der Waals surface area contributed by atoms with Crippen LogP contribution in [0.4, 0.5) is 0 Å². The lowest BCUT2D eigenvalue weighted by Crippen LogP contribution is -2.62. The van der Waals surface area contributed by atoms with Crippen LogP contribution in [-0.2, 0) is 18.0 Å². The second-order valence-electron chi connectivity index (χ2n) is 26.2. The first kappa shape index (κ1) is 61.8. The van der Waals surface area contributed by atoms with Crippen LogP contribution in [0.15, 0.2) is 77.3 Å². The van der Waals surface area contributed by atoms with E-state index < -0.39 is 20.6 Å². The van der Waals surface area contributed by atoms with Crippen LogP contribution in [0.5, 0.6) is 11.5 Å². The van der Waals surface area contributed by atoms with Crippen molar-refractivity contribution in [2.75, 3.05) is 51.5 Å². The van der Waals surface area contributed by atoms with Gasteiger partial charge in [-0.3, -0.25) is 0 Å². The van der Waals surface area contributed by atoms with Crippen LogP contribution in [0, 0.1) is 0 Å². The molecule has 0 aliphatic carbocycles. The zero-order chi connectivity index (χ0) is 54.1. The number of benzene rings is 3. The van der Waals surface area contributed by atoms with Crippen molar-refractivity contribution in [1.82, 2.24) is 10.1 Å². The molecule has 3 aromatic carbocycles. The second-order valence-corrected chi connectivity index (χ2v) is 34.8. The lowest BCUT2D eigenvalue weighted by molar-refractivity contribution is -0.234. The highest BCUT2D eigenvalue weighted by molar-refractivity contribution is 9.10. The van der Waals surface area contributed by atoms with Crippen LogP contribution < -0.4 is 9.47 Å². The summed E-state index contributed by atoms with van der Waals surface area (Å²) in [7, 11) is -2.57. The molecule has 0 spiro atoms. The largest absolute Gasteiger partial charge is 0.494 e. The van der Waals surface area contributed by atoms with Crippen LogP contribution in [0.25, 0.3) is 11.6 Å². The van der Waals surface area contributed by atoms with Crippen molar-refractivity contribution in [3.63, 3.8) is 0 Å². The predicted octanol–water partition coefficient (Wildman–Crippen LogP) is 17.4. The van der Waals surface area contributed by atoms with Gasteiger partial charge < -0.3 is 18.9 Å². The van der Waals surface area contributed by atoms with Gasteiger partial charge in [0.15, 0.2) is 0 Å². The first-order chi connectivity index (χ1) is 33.8. The van der Waals surface area contributed by atoms with Gasteiger partial charge in [-0.1, -0.05) is 107 Å². The Morgan fingerprint density at radius 2 is 0.808 bits per heavy atom. The molecule has 2 aliphatic rings. The molecule has 2 aliphatic heterocycles. The van der Waals surface area contributed by atoms with Gasteiger partial charge in [-0.05, 0) is 209 Å². The molecule has 0 N–H and O–H groups in total. The number of nitrogens with zero attached hydrogens (tertiary/aromatic N) is 2. The highest BCUT2D eigenvalue weighted by Gasteiger charge is 2.51. The fourth-order valence-electron chi connectivity index (χ4n) is 10.1. The average molecular weight is 1110 g/mol. The summed E-state index contributed by atoms with van der Waals surface area (Å²) in [5.74, 6) is 1.80. The van der Waals surface area contributed by atoms with E-state index in [0.29, 0.717) is 13.2 Å². The van der Waals surface area contributed by atoms with E-state index in [2.05, 4.69) is 227 Å². The van der Waals surface area contributed by atoms with Crippen molar-refractivity contribution >= 4 is 48.2 Å². The molecule has 0 atom stereocenters. The highest BCUT2D eigenvalue weighted by atomic mass is 79.9. The van der Waals surface area contributed by atoms with Gasteiger partial charge in [0.05, 0.1) is 25.4 Å². The van der Waals surface area contributed by atoms with Crippen LogP contribution >= 0.6 is 36.5 Å². The molecule has 0 bridgehead atoms. The Labute approximate surface area is 457 Å². The lowest BCUT2D eigenvalue weighted by atomic mass is 9.80. The van der Waals surface area contributed by atoms with Gasteiger partial charge in [-0.2, -0.15) is 10.1 Å². The first-order valence-electron chi connectivity index (χ1n) is 27.4. The van der Waals surface area contributed by atoms with Gasteiger partial charge in [-0.15, -0.1) is 20.6 Å². The zero-order valence-corrected chi connectivity index (χ0v) is 52.2. The van der Waals surface area contributed by atoms with Crippen LogP contribution in [0.3, 0.4) is 0 Å². The van der Waals surface area contributed by atoms with E-state index >= 15 is 0 Å². The maximum Gasteiger partial charge on any atom is 0.119 e. The molecule has 2 heterocycles. The van der Waals surface area contributed by atoms with Crippen molar-refractivity contribution in [2.24, 2.45) is 0 Å². The number of rotatable bonds is 25. The van der Waals surface area contributed by atoms with Gasteiger partial charge >= 0.3 is 0 Å². The third-order valence-electron chi connectivity index (χ3n) is 15.4. The molecule has 0 aromatic heterocycles. The van der Waals surface area contributed by atoms with E-state index in [1.165, 1.54) is 0 Å². The van der Waals surface area contributed by atoms with Crippen LogP contribution in [0.2, 0.25) is 0 Å². The molecule has 11 heteroatoms. The average Bonchev–Trinajstić information content (AvgIpc) is 3.27. The Kier molecular flexibility index (Phi) is 21.7. The minimum atomic E-state index is -1.29. The maximum atomic E-state index is 6.88. The van der Waals surface area contributed by atoms with E-state index in [9.17, 15) is 0 Å². The highest BCUT2D eigenvalue weighted by Crippen LogP contribution is 2.59. The van der Waals surface area contributed by atoms with Crippen molar-refractivity contribution < 1.29 is 27.5 Å². The molecule has 0 amide bonds. The molecule has 73 heavy (non-hydrogen) atoms. The number of hydroxylamine groups is 4. The van der Waals surface area contributed by atoms with Gasteiger partial charge in [0, 0.05) is 49.3 Å². The van der Waals surface area contributed by atoms with E-state index in [-0.39, 0.29) is 43.9 Å². The van der Waals surface area contributed by atoms with E-state index in [0.717, 1.165) is 128 Å². The van der Waals surface area contributed by atoms with Crippen molar-refractivity contribution in [1.29, 1.82) is 0 Å². The SMILES string of the molecule is CC1(C)CC(OCCCCCCOc2ccc(C(=Cc3ccc(Br)cc3)c3ccc(OCCCCCCOC4CC(C)(C)N(OS(C)(C)C(C)(C)C)C(C)(C)C4)cc3)cc2)CC(C)(C)N1OS(C)(C)C(C)(C)C. The Bertz CT molecular complexity index is 2010. The fourth-order valence-corrected chi connectivity index (χ4v) is 12.4. The molecule has 3 aromatic rings. The summed E-state index contributed by atoms with van der Waals surface area (Å²) in [4.78, 5) is 0. The third-order valence-corrected chi connectivity index (χ3v) is 22.9. The smallest absolute Gasteiger partial charge is 0.119 e. The van der Waals surface area contributed by atoms with Gasteiger partial charge in [-0.25, -0.2) is 8.57 Å². The maximum absolute atomic E-state index is 6.88. The predicted molar refractivity (Wildman–Crippen MR) is 320 cm³/mol. The Hall–Kier alpha value is -2.06. The summed E-state index contributed by atoms with van der Waals surface area (Å²) in [6.45, 7) is 35.2. The Balaban J connectivity index is 1.02. The fraction of sp³-hybridized carbons (Fsp3) is 0.677. The number of halogens is 1. The number of ether oxygens (including phenoxy) is 4. The molecular formula is C62H101BrN2O6S2. The summed E-state index contributed by atoms with van der Waals surface area (Å²) >= 11 is 3.60. The molecule has 0 saturated carbocycles. The third kappa shape index (κ3) is 18.0. The van der Waals surface area contributed by atoms with Gasteiger partial charge in [0.25, 0.3) is 0 Å². The number of hydrogen-bond acceptors (Lipinski definition) is 8. The normalized spacial score (nSPS) is 19.4. The summed E-state index contributed by atoms with van der Waals surface area (Å²) in [5.41, 5.74) is 4.15. The molecule has 0 unspecified atom stereocenters. The molecule has 2 fully saturated rings. The summed E-state index contributed by atoms with van der Waals surface area (Å²) in [5, 5.41) is 4.61. The summed E-state index contributed by atoms with van der Waals surface area (Å²) in [6, 6.07) is 25.6. The van der Waals surface area contributed by atoms with E-state index in [4.69, 9.17) is 27.5 Å². The number of piperidine rings is 2. The van der Waals surface area contributed by atoms with Crippen molar-refractivity contribution in [3.05, 3.63) is 94.0 Å². The molecule has 0 radical (unpaired) electrons. The van der Waals surface area contributed by atoms with Gasteiger partial charge in [0.2, 0.25) is 0 Å². The summed E-state index contributed by atoms with van der Waals surface area (Å²) in [6.07, 6.45) is 24.5. The molecule has 8 nitrogen and oxygen atoms in total. The quantitative estimate of drug-likeness (QED) is 0.0614. The van der Waals surface area contributed by atoms with Crippen LogP contribution in [0.1, 0.15) is 191 Å². The number of unbranched alkanes of at least 4 members (excludes halogenated alkanes) is 6. The van der Waals surface area contributed by atoms with E-state index in [1.807, 2.05) is 0 Å². The van der Waals surface area contributed by atoms with Gasteiger partial charge in [0.1, 0.15) is 11.5 Å². The van der Waals surface area contributed by atoms with Crippen molar-refractivity contribution in [2.45, 2.75) is 218 Å². The number of hydrogen-bond donors (Lipinski definition) is 0. The molecule has 2 saturated heterocycles. The van der Waals surface area contributed by atoms with Crippen molar-refractivity contribution in [3.8, 4) is 11.5 Å². The second kappa shape index (κ2) is 25.6. The topological polar surface area (TPSA) is 61.9 Å².